The molecule has 3 heterocycles. The maximum atomic E-state index is 14.4. The number of fused-ring (bicyclic) bond motifs is 4. The highest BCUT2D eigenvalue weighted by Gasteiger charge is 2.54. The first-order valence-electron chi connectivity index (χ1n) is 15.3. The lowest BCUT2D eigenvalue weighted by atomic mass is 9.89. The molecule has 0 fully saturated rings. The first kappa shape index (κ1) is 34.4. The Morgan fingerprint density at radius 1 is 1.11 bits per heavy atom. The van der Waals surface area contributed by atoms with Crippen LogP contribution < -0.4 is 28.9 Å². The van der Waals surface area contributed by atoms with Gasteiger partial charge in [-0.3, -0.25) is 9.59 Å². The minimum Gasteiger partial charge on any atom is -0.542 e. The summed E-state index contributed by atoms with van der Waals surface area (Å²) in [5, 5.41) is 4.19. The van der Waals surface area contributed by atoms with E-state index in [9.17, 15) is 14.4 Å². The average Bonchev–Trinajstić information content (AvgIpc) is 3.70. The molecule has 0 aliphatic carbocycles. The van der Waals surface area contributed by atoms with Crippen molar-refractivity contribution in [1.82, 2.24) is 4.98 Å². The number of carbonyl (C=O) groups is 3. The highest BCUT2D eigenvalue weighted by atomic mass is 79.9. The van der Waals surface area contributed by atoms with Gasteiger partial charge in [0, 0.05) is 29.2 Å². The minimum atomic E-state index is -2.46. The van der Waals surface area contributed by atoms with E-state index in [-0.39, 0.29) is 23.5 Å². The lowest BCUT2D eigenvalue weighted by Crippen LogP contribution is -2.48. The van der Waals surface area contributed by atoms with Crippen LogP contribution in [0.25, 0.3) is 10.9 Å². The Labute approximate surface area is 284 Å². The lowest BCUT2D eigenvalue weighted by molar-refractivity contribution is -0.145. The van der Waals surface area contributed by atoms with Gasteiger partial charge in [0.2, 0.25) is 11.5 Å². The highest BCUT2D eigenvalue weighted by molar-refractivity contribution is 9.09. The van der Waals surface area contributed by atoms with Crippen molar-refractivity contribution in [3.05, 3.63) is 47.7 Å². The van der Waals surface area contributed by atoms with E-state index in [1.54, 1.807) is 17.0 Å². The van der Waals surface area contributed by atoms with Gasteiger partial charge in [0.25, 0.3) is 14.2 Å². The third-order valence-electron chi connectivity index (χ3n) is 9.46. The number of anilines is 2. The SMILES string of the molecule is C=CCOC(=O)[C@]1(C)Nc2c(O[Si](C)(C)C(C)(C)C)cc3c(c2C1=O)[C@H](CBr)CN3C(=O)c1cc2cc(OC)c(OC)c(OC)c2[nH]1. The van der Waals surface area contributed by atoms with Crippen molar-refractivity contribution >= 4 is 64.2 Å². The zero-order valence-corrected chi connectivity index (χ0v) is 30.9. The van der Waals surface area contributed by atoms with E-state index in [4.69, 9.17) is 23.4 Å². The number of hydrogen-bond donors (Lipinski definition) is 2. The lowest BCUT2D eigenvalue weighted by Gasteiger charge is -2.37. The fraction of sp³-hybridized carbons (Fsp3) is 0.441. The minimum absolute atomic E-state index is 0.0372. The van der Waals surface area contributed by atoms with Gasteiger partial charge in [-0.05, 0) is 42.8 Å². The first-order valence-corrected chi connectivity index (χ1v) is 19.3. The molecule has 0 saturated carbocycles. The second kappa shape index (κ2) is 12.2. The quantitative estimate of drug-likeness (QED) is 0.0761. The van der Waals surface area contributed by atoms with E-state index in [2.05, 4.69) is 66.7 Å². The number of methoxy groups -OCH3 is 3. The molecule has 3 aromatic rings. The summed E-state index contributed by atoms with van der Waals surface area (Å²) in [7, 11) is 2.11. The van der Waals surface area contributed by atoms with Crippen LogP contribution in [0.1, 0.15) is 60.0 Å². The number of aromatic nitrogens is 1. The third kappa shape index (κ3) is 5.46. The number of alkyl halides is 1. The number of nitrogens with one attached hydrogen (secondary N) is 2. The van der Waals surface area contributed by atoms with E-state index in [1.165, 1.54) is 34.3 Å². The van der Waals surface area contributed by atoms with E-state index in [0.29, 0.717) is 74.0 Å². The van der Waals surface area contributed by atoms with Crippen molar-refractivity contribution in [3.63, 3.8) is 0 Å². The van der Waals surface area contributed by atoms with Crippen LogP contribution in [0, 0.1) is 0 Å². The number of ketones is 1. The topological polar surface area (TPSA) is 128 Å². The molecule has 0 radical (unpaired) electrons. The maximum Gasteiger partial charge on any atom is 0.340 e. The summed E-state index contributed by atoms with van der Waals surface area (Å²) in [4.78, 5) is 46.9. The molecule has 0 bridgehead atoms. The number of esters is 1. The summed E-state index contributed by atoms with van der Waals surface area (Å²) in [5.74, 6) is -0.0277. The van der Waals surface area contributed by atoms with Crippen LogP contribution in [0.5, 0.6) is 23.0 Å². The van der Waals surface area contributed by atoms with Gasteiger partial charge in [0.15, 0.2) is 17.0 Å². The zero-order valence-electron chi connectivity index (χ0n) is 28.3. The summed E-state index contributed by atoms with van der Waals surface area (Å²) in [6, 6.07) is 5.34. The molecule has 0 saturated heterocycles. The number of halogens is 1. The van der Waals surface area contributed by atoms with Crippen LogP contribution in [0.3, 0.4) is 0 Å². The molecule has 0 spiro atoms. The van der Waals surface area contributed by atoms with E-state index in [1.807, 2.05) is 6.07 Å². The summed E-state index contributed by atoms with van der Waals surface area (Å²) in [5.41, 5.74) is 1.19. The van der Waals surface area contributed by atoms with E-state index < -0.39 is 25.6 Å². The fourth-order valence-corrected chi connectivity index (χ4v) is 7.42. The summed E-state index contributed by atoms with van der Waals surface area (Å²) >= 11 is 3.62. The zero-order chi connectivity index (χ0) is 34.6. The summed E-state index contributed by atoms with van der Waals surface area (Å²) in [6.45, 7) is 15.9. The number of aromatic amines is 1. The van der Waals surface area contributed by atoms with Crippen LogP contribution in [0.15, 0.2) is 30.9 Å². The van der Waals surface area contributed by atoms with E-state index >= 15 is 0 Å². The van der Waals surface area contributed by atoms with E-state index in [0.717, 1.165) is 0 Å². The van der Waals surface area contributed by atoms with Crippen molar-refractivity contribution < 1.29 is 37.8 Å². The predicted molar refractivity (Wildman–Crippen MR) is 188 cm³/mol. The van der Waals surface area contributed by atoms with Gasteiger partial charge in [0.1, 0.15) is 18.1 Å². The Hall–Kier alpha value is -3.97. The van der Waals surface area contributed by atoms with Crippen molar-refractivity contribution in [2.24, 2.45) is 0 Å². The van der Waals surface area contributed by atoms with Crippen molar-refractivity contribution in [2.45, 2.75) is 57.3 Å². The van der Waals surface area contributed by atoms with Crippen molar-refractivity contribution in [1.29, 1.82) is 0 Å². The molecule has 1 amide bonds. The van der Waals surface area contributed by atoms with Crippen LogP contribution in [-0.2, 0) is 9.53 Å². The molecule has 47 heavy (non-hydrogen) atoms. The van der Waals surface area contributed by atoms with Gasteiger partial charge in [-0.25, -0.2) is 4.79 Å². The number of Topliss-reactive ketones (excluding diaryl/α,β-unsaturated/α-hetero) is 1. The number of benzene rings is 2. The number of amides is 1. The van der Waals surface area contributed by atoms with Gasteiger partial charge in [-0.2, -0.15) is 0 Å². The van der Waals surface area contributed by atoms with Gasteiger partial charge in [-0.1, -0.05) is 49.4 Å². The molecule has 2 aliphatic rings. The molecule has 252 valence electrons. The fourth-order valence-electron chi connectivity index (χ4n) is 5.88. The Morgan fingerprint density at radius 3 is 2.36 bits per heavy atom. The summed E-state index contributed by atoms with van der Waals surface area (Å²) in [6.07, 6.45) is 1.45. The molecular formula is C34H42BrN3O8Si. The maximum absolute atomic E-state index is 14.4. The second-order valence-electron chi connectivity index (χ2n) is 13.4. The predicted octanol–water partition coefficient (Wildman–Crippen LogP) is 6.81. The first-order chi connectivity index (χ1) is 22.1. The number of ether oxygens (including phenoxy) is 4. The monoisotopic (exact) mass is 727 g/mol. The largest absolute Gasteiger partial charge is 0.542 e. The standard InChI is InChI=1S/C34H42BrN3O8Si/c1-11-12-45-32(41)34(5)30(39)25-24-19(16-35)17-38(21(24)15-22(27(25)37-34)46-47(9,10)33(2,3)4)31(40)20-13-18-14-23(42-6)28(43-7)29(44-8)26(18)36-20/h11,13-15,19,36-37H,1,12,16-17H2,2-10H3/t19-,34-/m1/s1. The molecule has 2 aliphatic heterocycles. The van der Waals surface area contributed by atoms with Gasteiger partial charge in [-0.15, -0.1) is 0 Å². The third-order valence-corrected chi connectivity index (χ3v) is 14.6. The molecule has 2 N–H and O–H groups in total. The molecule has 1 aromatic heterocycles. The Bertz CT molecular complexity index is 1800. The smallest absolute Gasteiger partial charge is 0.340 e. The van der Waals surface area contributed by atoms with Crippen LogP contribution in [0.4, 0.5) is 11.4 Å². The molecular weight excluding hydrogens is 686 g/mol. The molecule has 2 atom stereocenters. The number of nitrogens with zero attached hydrogens (tertiary/aromatic N) is 1. The summed E-state index contributed by atoms with van der Waals surface area (Å²) < 4.78 is 28.9. The number of carbonyl (C=O) groups excluding carboxylic acids is 3. The van der Waals surface area contributed by atoms with Gasteiger partial charge < -0.3 is 38.6 Å². The highest BCUT2D eigenvalue weighted by Crippen LogP contribution is 2.53. The normalized spacial score (nSPS) is 18.8. The number of rotatable bonds is 10. The molecule has 0 unspecified atom stereocenters. The Morgan fingerprint density at radius 2 is 1.79 bits per heavy atom. The molecule has 5 rings (SSSR count). The molecule has 13 heteroatoms. The van der Waals surface area contributed by atoms with Crippen molar-refractivity contribution in [3.8, 4) is 23.0 Å². The van der Waals surface area contributed by atoms with Crippen LogP contribution >= 0.6 is 15.9 Å². The average molecular weight is 729 g/mol. The number of hydrogen-bond acceptors (Lipinski definition) is 9. The molecule has 2 aromatic carbocycles. The Balaban J connectivity index is 1.69. The number of H-pyrrole nitrogens is 1. The second-order valence-corrected chi connectivity index (χ2v) is 18.8. The van der Waals surface area contributed by atoms with Crippen LogP contribution in [0.2, 0.25) is 18.1 Å². The van der Waals surface area contributed by atoms with Crippen molar-refractivity contribution in [2.75, 3.05) is 50.0 Å². The molecule has 11 nitrogen and oxygen atoms in total. The van der Waals surface area contributed by atoms with Gasteiger partial charge >= 0.3 is 5.97 Å². The van der Waals surface area contributed by atoms with Crippen LogP contribution in [-0.4, -0.2) is 76.3 Å². The van der Waals surface area contributed by atoms with Gasteiger partial charge in [0.05, 0.1) is 43.8 Å². The Kier molecular flexibility index (Phi) is 8.95.